The van der Waals surface area contributed by atoms with Crippen molar-refractivity contribution >= 4 is 28.8 Å². The van der Waals surface area contributed by atoms with E-state index in [2.05, 4.69) is 10.5 Å². The van der Waals surface area contributed by atoms with Crippen molar-refractivity contribution in [2.24, 2.45) is 0 Å². The number of hydrogen-bond donors (Lipinski definition) is 1. The summed E-state index contributed by atoms with van der Waals surface area (Å²) in [4.78, 5) is 28.5. The number of hydrogen-bond acceptors (Lipinski definition) is 7. The van der Waals surface area contributed by atoms with Crippen LogP contribution in [0.15, 0.2) is 46.5 Å². The van der Waals surface area contributed by atoms with Crippen molar-refractivity contribution in [1.82, 2.24) is 10.1 Å². The second-order valence-electron chi connectivity index (χ2n) is 6.42. The Morgan fingerprint density at radius 1 is 1.28 bits per heavy atom. The summed E-state index contributed by atoms with van der Waals surface area (Å²) < 4.78 is 15.5. The number of ether oxygens (including phenoxy) is 2. The van der Waals surface area contributed by atoms with Gasteiger partial charge < -0.3 is 24.2 Å². The number of aromatic nitrogens is 1. The van der Waals surface area contributed by atoms with Crippen LogP contribution in [-0.4, -0.2) is 42.6 Å². The number of carbonyl (C=O) groups excluding carboxylic acids is 2. The van der Waals surface area contributed by atoms with Gasteiger partial charge in [-0.25, -0.2) is 0 Å². The Balaban J connectivity index is 1.65. The van der Waals surface area contributed by atoms with E-state index in [0.29, 0.717) is 29.3 Å². The molecule has 8 nitrogen and oxygen atoms in total. The van der Waals surface area contributed by atoms with Crippen molar-refractivity contribution in [2.75, 3.05) is 26.1 Å². The van der Waals surface area contributed by atoms with Gasteiger partial charge in [0.25, 0.3) is 11.8 Å². The SMILES string of the molecule is COc1cc(C(=O)N2CCC2c2cccs2)cc(NC(=O)c2ccon2)c1OC. The normalized spacial score (nSPS) is 15.5. The van der Waals surface area contributed by atoms with E-state index in [1.165, 1.54) is 26.5 Å². The average molecular weight is 413 g/mol. The highest BCUT2D eigenvalue weighted by molar-refractivity contribution is 7.10. The Morgan fingerprint density at radius 3 is 2.72 bits per heavy atom. The number of thiophene rings is 1. The van der Waals surface area contributed by atoms with Gasteiger partial charge in [0.15, 0.2) is 17.2 Å². The molecule has 150 valence electrons. The molecular formula is C20H19N3O5S. The molecule has 9 heteroatoms. The van der Waals surface area contributed by atoms with Gasteiger partial charge >= 0.3 is 0 Å². The molecule has 1 aromatic carbocycles. The van der Waals surface area contributed by atoms with Crippen LogP contribution in [0, 0.1) is 0 Å². The minimum Gasteiger partial charge on any atom is -0.493 e. The maximum atomic E-state index is 13.2. The number of amides is 2. The quantitative estimate of drug-likeness (QED) is 0.664. The van der Waals surface area contributed by atoms with Gasteiger partial charge in [0.05, 0.1) is 25.9 Å². The van der Waals surface area contributed by atoms with Gasteiger partial charge in [0.1, 0.15) is 6.26 Å². The van der Waals surface area contributed by atoms with E-state index < -0.39 is 5.91 Å². The third kappa shape index (κ3) is 3.56. The topological polar surface area (TPSA) is 93.9 Å². The zero-order chi connectivity index (χ0) is 20.4. The lowest BCUT2D eigenvalue weighted by atomic mass is 9.99. The second kappa shape index (κ2) is 7.96. The van der Waals surface area contributed by atoms with Gasteiger partial charge in [0, 0.05) is 23.1 Å². The number of rotatable bonds is 6. The zero-order valence-electron chi connectivity index (χ0n) is 15.9. The molecule has 1 unspecified atom stereocenters. The molecule has 0 saturated carbocycles. The molecule has 2 amide bonds. The van der Waals surface area contributed by atoms with Crippen LogP contribution in [0.25, 0.3) is 0 Å². The molecule has 2 aromatic heterocycles. The van der Waals surface area contributed by atoms with Crippen LogP contribution in [0.1, 0.15) is 38.2 Å². The van der Waals surface area contributed by atoms with Gasteiger partial charge in [-0.1, -0.05) is 11.2 Å². The highest BCUT2D eigenvalue weighted by Crippen LogP contribution is 2.40. The molecule has 0 radical (unpaired) electrons. The highest BCUT2D eigenvalue weighted by atomic mass is 32.1. The number of likely N-dealkylation sites (tertiary alicyclic amines) is 1. The predicted molar refractivity (Wildman–Crippen MR) is 107 cm³/mol. The zero-order valence-corrected chi connectivity index (χ0v) is 16.7. The van der Waals surface area contributed by atoms with Crippen LogP contribution < -0.4 is 14.8 Å². The minimum absolute atomic E-state index is 0.0729. The first-order valence-corrected chi connectivity index (χ1v) is 9.82. The van der Waals surface area contributed by atoms with E-state index in [4.69, 9.17) is 14.0 Å². The maximum absolute atomic E-state index is 13.2. The fraction of sp³-hybridized carbons (Fsp3) is 0.250. The molecule has 1 fully saturated rings. The molecule has 1 aliphatic rings. The minimum atomic E-state index is -0.482. The van der Waals surface area contributed by atoms with Crippen LogP contribution >= 0.6 is 11.3 Å². The summed E-state index contributed by atoms with van der Waals surface area (Å²) in [6, 6.07) is 8.74. The lowest BCUT2D eigenvalue weighted by molar-refractivity contribution is 0.0467. The van der Waals surface area contributed by atoms with Crippen LogP contribution in [0.3, 0.4) is 0 Å². The average Bonchev–Trinajstić information content (AvgIpc) is 3.40. The molecule has 0 aliphatic carbocycles. The Bertz CT molecular complexity index is 1020. The van der Waals surface area contributed by atoms with E-state index in [1.54, 1.807) is 23.5 Å². The number of nitrogens with one attached hydrogen (secondary N) is 1. The van der Waals surface area contributed by atoms with Gasteiger partial charge in [-0.2, -0.15) is 0 Å². The molecule has 4 rings (SSSR count). The van der Waals surface area contributed by atoms with E-state index in [9.17, 15) is 9.59 Å². The summed E-state index contributed by atoms with van der Waals surface area (Å²) in [5.41, 5.74) is 0.832. The highest BCUT2D eigenvalue weighted by Gasteiger charge is 2.35. The van der Waals surface area contributed by atoms with E-state index in [0.717, 1.165) is 11.3 Å². The smallest absolute Gasteiger partial charge is 0.277 e. The summed E-state index contributed by atoms with van der Waals surface area (Å²) in [7, 11) is 2.95. The third-order valence-corrected chi connectivity index (χ3v) is 5.77. The Labute approximate surface area is 171 Å². The van der Waals surface area contributed by atoms with Crippen LogP contribution in [0.2, 0.25) is 0 Å². The predicted octanol–water partition coefficient (Wildman–Crippen LogP) is 3.59. The van der Waals surface area contributed by atoms with Gasteiger partial charge in [-0.3, -0.25) is 9.59 Å². The van der Waals surface area contributed by atoms with Crippen molar-refractivity contribution in [3.05, 3.63) is 58.1 Å². The van der Waals surface area contributed by atoms with Crippen molar-refractivity contribution in [3.63, 3.8) is 0 Å². The maximum Gasteiger partial charge on any atom is 0.277 e. The molecule has 0 spiro atoms. The van der Waals surface area contributed by atoms with Crippen LogP contribution in [0.5, 0.6) is 11.5 Å². The summed E-state index contributed by atoms with van der Waals surface area (Å²) >= 11 is 1.64. The van der Waals surface area contributed by atoms with Crippen molar-refractivity contribution in [3.8, 4) is 11.5 Å². The summed E-state index contributed by atoms with van der Waals surface area (Å²) in [5.74, 6) is 0.0537. The van der Waals surface area contributed by atoms with E-state index in [1.807, 2.05) is 22.4 Å². The number of methoxy groups -OCH3 is 2. The molecule has 1 aliphatic heterocycles. The first-order valence-electron chi connectivity index (χ1n) is 8.94. The van der Waals surface area contributed by atoms with Gasteiger partial charge in [-0.15, -0.1) is 11.3 Å². The summed E-state index contributed by atoms with van der Waals surface area (Å²) in [6.07, 6.45) is 2.23. The molecular weight excluding hydrogens is 394 g/mol. The molecule has 1 saturated heterocycles. The first-order chi connectivity index (χ1) is 14.1. The van der Waals surface area contributed by atoms with E-state index >= 15 is 0 Å². The van der Waals surface area contributed by atoms with Gasteiger partial charge in [-0.05, 0) is 30.0 Å². The van der Waals surface area contributed by atoms with Crippen molar-refractivity contribution in [1.29, 1.82) is 0 Å². The largest absolute Gasteiger partial charge is 0.493 e. The first kappa shape index (κ1) is 19.0. The van der Waals surface area contributed by atoms with Crippen molar-refractivity contribution < 1.29 is 23.6 Å². The van der Waals surface area contributed by atoms with Crippen LogP contribution in [-0.2, 0) is 0 Å². The Kier molecular flexibility index (Phi) is 5.22. The number of anilines is 1. The second-order valence-corrected chi connectivity index (χ2v) is 7.40. The fourth-order valence-corrected chi connectivity index (χ4v) is 4.14. The van der Waals surface area contributed by atoms with Crippen molar-refractivity contribution in [2.45, 2.75) is 12.5 Å². The van der Waals surface area contributed by atoms with Crippen LogP contribution in [0.4, 0.5) is 5.69 Å². The Morgan fingerprint density at radius 2 is 2.14 bits per heavy atom. The number of nitrogens with zero attached hydrogens (tertiary/aromatic N) is 2. The standard InChI is InChI=1S/C20H19N3O5S/c1-26-16-11-12(20(25)23-7-5-15(23)17-4-3-9-29-17)10-14(18(16)27-2)21-19(24)13-6-8-28-22-13/h3-4,6,8-11,15H,5,7H2,1-2H3,(H,21,24). The van der Waals surface area contributed by atoms with Gasteiger partial charge in [0.2, 0.25) is 0 Å². The summed E-state index contributed by atoms with van der Waals surface area (Å²) in [6.45, 7) is 0.677. The monoisotopic (exact) mass is 413 g/mol. The lowest BCUT2D eigenvalue weighted by Gasteiger charge is -2.40. The molecule has 1 atom stereocenters. The summed E-state index contributed by atoms with van der Waals surface area (Å²) in [5, 5.41) is 8.34. The fourth-order valence-electron chi connectivity index (χ4n) is 3.27. The molecule has 29 heavy (non-hydrogen) atoms. The lowest BCUT2D eigenvalue weighted by Crippen LogP contribution is -2.44. The third-order valence-electron chi connectivity index (χ3n) is 4.80. The molecule has 3 heterocycles. The molecule has 3 aromatic rings. The van der Waals surface area contributed by atoms with E-state index in [-0.39, 0.29) is 17.6 Å². The number of benzene rings is 1. The number of carbonyl (C=O) groups is 2. The Hall–Kier alpha value is -3.33. The molecule has 1 N–H and O–H groups in total. The molecule has 0 bridgehead atoms.